The molecule has 212 valence electrons. The van der Waals surface area contributed by atoms with Crippen LogP contribution in [0.25, 0.3) is 0 Å². The van der Waals surface area contributed by atoms with Gasteiger partial charge in [-0.1, -0.05) is 50.2 Å². The number of methoxy groups -OCH3 is 1. The maximum atomic E-state index is 12.7. The number of urea groups is 2. The highest BCUT2D eigenvalue weighted by Gasteiger charge is 2.34. The Morgan fingerprint density at radius 3 is 2.26 bits per heavy atom. The Kier molecular flexibility index (Phi) is 11.5. The zero-order chi connectivity index (χ0) is 28.2. The minimum atomic E-state index is -0.433. The van der Waals surface area contributed by atoms with Crippen LogP contribution in [-0.4, -0.2) is 78.5 Å². The number of amides is 5. The molecule has 39 heavy (non-hydrogen) atoms. The van der Waals surface area contributed by atoms with E-state index in [1.54, 1.807) is 24.0 Å². The van der Waals surface area contributed by atoms with E-state index in [4.69, 9.17) is 4.74 Å². The number of likely N-dealkylation sites (tertiary alicyclic amines) is 2. The lowest BCUT2D eigenvalue weighted by Gasteiger charge is -2.40. The number of hydrogen-bond acceptors (Lipinski definition) is 4. The highest BCUT2D eigenvalue weighted by Crippen LogP contribution is 2.27. The summed E-state index contributed by atoms with van der Waals surface area (Å²) >= 11 is 0. The van der Waals surface area contributed by atoms with E-state index in [9.17, 15) is 14.4 Å². The molecular formula is C30H43N5O4. The molecule has 3 aliphatic heterocycles. The molecule has 2 saturated heterocycles. The molecule has 2 aromatic carbocycles. The number of ether oxygens (including phenoxy) is 1. The lowest BCUT2D eigenvalue weighted by atomic mass is 10.0. The molecule has 0 bridgehead atoms. The third-order valence-corrected chi connectivity index (χ3v) is 7.24. The minimum Gasteiger partial charge on any atom is -0.497 e. The van der Waals surface area contributed by atoms with Crippen molar-refractivity contribution >= 4 is 23.7 Å². The molecule has 9 nitrogen and oxygen atoms in total. The third kappa shape index (κ3) is 8.12. The van der Waals surface area contributed by atoms with Gasteiger partial charge in [-0.05, 0) is 55.9 Å². The minimum absolute atomic E-state index is 0.00520. The standard InChI is InChI=1S/C21H29N5O3.C7H8O.C2H6/c1-24-11-5-4-8-18(19(24)27)23-20(28)25-12-9-16(10-13-25)26-14-15-6-2-3-7-17(15)22-21(26)29;1-8-7-5-3-2-4-6-7;1-2/h2-3,6-7,16,18H,4-5,8-14H2,1H3,(H,22,29)(H,23,28);2-6H,1H3;1-2H3/t18-;;/m1../s1. The zero-order valence-corrected chi connectivity index (χ0v) is 23.7. The van der Waals surface area contributed by atoms with Crippen LogP contribution in [0.3, 0.4) is 0 Å². The van der Waals surface area contributed by atoms with Crippen molar-refractivity contribution in [2.24, 2.45) is 0 Å². The molecule has 5 amide bonds. The molecule has 0 radical (unpaired) electrons. The van der Waals surface area contributed by atoms with E-state index in [0.717, 1.165) is 49.2 Å². The Morgan fingerprint density at radius 2 is 1.59 bits per heavy atom. The number of benzene rings is 2. The molecule has 9 heteroatoms. The van der Waals surface area contributed by atoms with Gasteiger partial charge in [-0.25, -0.2) is 9.59 Å². The van der Waals surface area contributed by atoms with Gasteiger partial charge >= 0.3 is 12.1 Å². The Labute approximate surface area is 232 Å². The van der Waals surface area contributed by atoms with E-state index in [0.29, 0.717) is 26.1 Å². The highest BCUT2D eigenvalue weighted by molar-refractivity contribution is 5.92. The summed E-state index contributed by atoms with van der Waals surface area (Å²) in [5.41, 5.74) is 1.99. The predicted octanol–water partition coefficient (Wildman–Crippen LogP) is 4.94. The second-order valence-electron chi connectivity index (χ2n) is 9.71. The van der Waals surface area contributed by atoms with Crippen LogP contribution in [0.2, 0.25) is 0 Å². The fraction of sp³-hybridized carbons (Fsp3) is 0.500. The molecule has 3 aliphatic rings. The Hall–Kier alpha value is -3.75. The van der Waals surface area contributed by atoms with Crippen LogP contribution in [0.1, 0.15) is 51.5 Å². The van der Waals surface area contributed by atoms with Gasteiger partial charge in [0.25, 0.3) is 0 Å². The summed E-state index contributed by atoms with van der Waals surface area (Å²) in [5, 5.41) is 5.89. The number of carbonyl (C=O) groups excluding carboxylic acids is 3. The van der Waals surface area contributed by atoms with Crippen LogP contribution >= 0.6 is 0 Å². The van der Waals surface area contributed by atoms with Crippen LogP contribution in [0, 0.1) is 0 Å². The number of piperidine rings is 1. The molecule has 5 rings (SSSR count). The first kappa shape index (κ1) is 29.8. The highest BCUT2D eigenvalue weighted by atomic mass is 16.5. The molecule has 3 heterocycles. The normalized spacial score (nSPS) is 19.3. The molecule has 0 spiro atoms. The smallest absolute Gasteiger partial charge is 0.322 e. The maximum absolute atomic E-state index is 12.7. The lowest BCUT2D eigenvalue weighted by molar-refractivity contribution is -0.131. The van der Waals surface area contributed by atoms with Gasteiger partial charge in [-0.15, -0.1) is 0 Å². The maximum Gasteiger partial charge on any atom is 0.322 e. The van der Waals surface area contributed by atoms with Crippen molar-refractivity contribution in [2.75, 3.05) is 39.1 Å². The summed E-state index contributed by atoms with van der Waals surface area (Å²) in [5.74, 6) is 0.905. The Bertz CT molecular complexity index is 1070. The third-order valence-electron chi connectivity index (χ3n) is 7.24. The average Bonchev–Trinajstić information content (AvgIpc) is 3.14. The first-order valence-corrected chi connectivity index (χ1v) is 14.0. The second-order valence-corrected chi connectivity index (χ2v) is 9.71. The van der Waals surface area contributed by atoms with Crippen LogP contribution in [0.15, 0.2) is 54.6 Å². The average molecular weight is 538 g/mol. The van der Waals surface area contributed by atoms with Crippen molar-refractivity contribution in [3.05, 3.63) is 60.2 Å². The molecule has 2 aromatic rings. The molecule has 0 aromatic heterocycles. The fourth-order valence-electron chi connectivity index (χ4n) is 5.03. The first-order chi connectivity index (χ1) is 19.0. The zero-order valence-electron chi connectivity index (χ0n) is 23.7. The van der Waals surface area contributed by atoms with E-state index < -0.39 is 6.04 Å². The summed E-state index contributed by atoms with van der Waals surface area (Å²) in [6.45, 7) is 6.51. The first-order valence-electron chi connectivity index (χ1n) is 14.0. The number of likely N-dealkylation sites (N-methyl/N-ethyl adjacent to an activating group) is 1. The monoisotopic (exact) mass is 537 g/mol. The van der Waals surface area contributed by atoms with Crippen LogP contribution < -0.4 is 15.4 Å². The number of carbonyl (C=O) groups is 3. The number of hydrogen-bond donors (Lipinski definition) is 2. The van der Waals surface area contributed by atoms with Gasteiger partial charge < -0.3 is 30.1 Å². The molecule has 2 fully saturated rings. The van der Waals surface area contributed by atoms with E-state index in [2.05, 4.69) is 10.6 Å². The largest absolute Gasteiger partial charge is 0.497 e. The number of para-hydroxylation sites is 2. The Balaban J connectivity index is 0.000000357. The number of fused-ring (bicyclic) bond motifs is 1. The summed E-state index contributed by atoms with van der Waals surface area (Å²) < 4.78 is 4.91. The van der Waals surface area contributed by atoms with Crippen molar-refractivity contribution in [2.45, 2.75) is 64.6 Å². The van der Waals surface area contributed by atoms with Gasteiger partial charge in [0.1, 0.15) is 11.8 Å². The Morgan fingerprint density at radius 1 is 0.923 bits per heavy atom. The summed E-state index contributed by atoms with van der Waals surface area (Å²) in [6, 6.07) is 17.0. The number of rotatable bonds is 3. The van der Waals surface area contributed by atoms with E-state index in [1.165, 1.54) is 0 Å². The number of anilines is 1. The van der Waals surface area contributed by atoms with Gasteiger partial charge in [0.05, 0.1) is 7.11 Å². The van der Waals surface area contributed by atoms with E-state index >= 15 is 0 Å². The van der Waals surface area contributed by atoms with Crippen LogP contribution in [-0.2, 0) is 11.3 Å². The van der Waals surface area contributed by atoms with E-state index in [-0.39, 0.29) is 24.0 Å². The molecular weight excluding hydrogens is 494 g/mol. The molecule has 1 atom stereocenters. The van der Waals surface area contributed by atoms with E-state index in [1.807, 2.05) is 73.3 Å². The lowest BCUT2D eigenvalue weighted by Crippen LogP contribution is -2.55. The second kappa shape index (κ2) is 15.0. The topological polar surface area (TPSA) is 94.2 Å². The van der Waals surface area contributed by atoms with Crippen molar-refractivity contribution in [3.8, 4) is 5.75 Å². The van der Waals surface area contributed by atoms with Crippen molar-refractivity contribution in [1.29, 1.82) is 0 Å². The number of nitrogens with one attached hydrogen (secondary N) is 2. The summed E-state index contributed by atoms with van der Waals surface area (Å²) in [4.78, 5) is 43.0. The van der Waals surface area contributed by atoms with Gasteiger partial charge in [0.2, 0.25) is 5.91 Å². The van der Waals surface area contributed by atoms with Crippen LogP contribution in [0.5, 0.6) is 5.75 Å². The van der Waals surface area contributed by atoms with Crippen molar-refractivity contribution in [3.63, 3.8) is 0 Å². The van der Waals surface area contributed by atoms with Gasteiger partial charge in [0.15, 0.2) is 0 Å². The molecule has 0 aliphatic carbocycles. The van der Waals surface area contributed by atoms with Gasteiger partial charge in [0, 0.05) is 45.0 Å². The van der Waals surface area contributed by atoms with Gasteiger partial charge in [-0.2, -0.15) is 0 Å². The predicted molar refractivity (Wildman–Crippen MR) is 154 cm³/mol. The SMILES string of the molecule is CC.CN1CCCC[C@@H](NC(=O)N2CCC(N3Cc4ccccc4NC3=O)CC2)C1=O.COc1ccccc1. The fourth-order valence-corrected chi connectivity index (χ4v) is 5.03. The molecule has 0 unspecified atom stereocenters. The van der Waals surface area contributed by atoms with Gasteiger partial charge in [-0.3, -0.25) is 4.79 Å². The van der Waals surface area contributed by atoms with Crippen molar-refractivity contribution in [1.82, 2.24) is 20.0 Å². The molecule has 0 saturated carbocycles. The number of nitrogens with zero attached hydrogens (tertiary/aromatic N) is 3. The quantitative estimate of drug-likeness (QED) is 0.580. The summed E-state index contributed by atoms with van der Waals surface area (Å²) in [6.07, 6.45) is 4.08. The van der Waals surface area contributed by atoms with Crippen molar-refractivity contribution < 1.29 is 19.1 Å². The van der Waals surface area contributed by atoms with Crippen LogP contribution in [0.4, 0.5) is 15.3 Å². The molecule has 2 N–H and O–H groups in total. The summed E-state index contributed by atoms with van der Waals surface area (Å²) in [7, 11) is 3.45.